The van der Waals surface area contributed by atoms with E-state index in [1.54, 1.807) is 0 Å². The number of aromatic hydroxyl groups is 1. The molecule has 0 radical (unpaired) electrons. The minimum atomic E-state index is -0.440. The van der Waals surface area contributed by atoms with Crippen LogP contribution in [0.5, 0.6) is 5.75 Å². The maximum Gasteiger partial charge on any atom is 0.292 e. The number of hydrogen-bond acceptors (Lipinski definition) is 5. The predicted octanol–water partition coefficient (Wildman–Crippen LogP) is 1.14. The van der Waals surface area contributed by atoms with E-state index in [-0.39, 0.29) is 11.4 Å². The Balaban J connectivity index is 2.36. The first-order valence-corrected chi connectivity index (χ1v) is 4.98. The van der Waals surface area contributed by atoms with E-state index in [0.29, 0.717) is 32.0 Å². The molecule has 16 heavy (non-hydrogen) atoms. The van der Waals surface area contributed by atoms with Crippen molar-refractivity contribution in [2.45, 2.75) is 0 Å². The second kappa shape index (κ2) is 4.36. The van der Waals surface area contributed by atoms with Crippen LogP contribution in [0.25, 0.3) is 0 Å². The number of phenols is 1. The van der Waals surface area contributed by atoms with Crippen molar-refractivity contribution in [3.8, 4) is 5.75 Å². The van der Waals surface area contributed by atoms with Crippen LogP contribution in [0.3, 0.4) is 0 Å². The summed E-state index contributed by atoms with van der Waals surface area (Å²) in [5.41, 5.74) is 0.466. The third kappa shape index (κ3) is 2.06. The van der Waals surface area contributed by atoms with Crippen LogP contribution < -0.4 is 4.90 Å². The molecule has 1 fully saturated rings. The van der Waals surface area contributed by atoms with Crippen molar-refractivity contribution >= 4 is 11.4 Å². The van der Waals surface area contributed by atoms with Gasteiger partial charge in [-0.05, 0) is 6.07 Å². The molecule has 0 amide bonds. The van der Waals surface area contributed by atoms with Gasteiger partial charge in [-0.3, -0.25) is 10.1 Å². The summed E-state index contributed by atoms with van der Waals surface area (Å²) in [7, 11) is 0. The number of nitro benzene ring substituents is 1. The van der Waals surface area contributed by atoms with Gasteiger partial charge in [-0.2, -0.15) is 0 Å². The molecule has 1 heterocycles. The fourth-order valence-electron chi connectivity index (χ4n) is 1.72. The lowest BCUT2D eigenvalue weighted by Crippen LogP contribution is -2.36. The number of nitro groups is 1. The van der Waals surface area contributed by atoms with E-state index in [1.165, 1.54) is 18.2 Å². The van der Waals surface area contributed by atoms with Crippen molar-refractivity contribution in [2.75, 3.05) is 31.2 Å². The highest BCUT2D eigenvalue weighted by molar-refractivity contribution is 5.65. The standard InChI is InChI=1S/C10H12N2O4/c13-8-1-2-9(12(14)15)10(7-8)11-3-5-16-6-4-11/h1-2,7,13H,3-6H2. The fraction of sp³-hybridized carbons (Fsp3) is 0.400. The third-order valence-electron chi connectivity index (χ3n) is 2.51. The second-order valence-corrected chi connectivity index (χ2v) is 3.53. The minimum absolute atomic E-state index is 0.0136. The van der Waals surface area contributed by atoms with Crippen molar-refractivity contribution in [2.24, 2.45) is 0 Å². The molecule has 1 aromatic rings. The second-order valence-electron chi connectivity index (χ2n) is 3.53. The summed E-state index contributed by atoms with van der Waals surface area (Å²) in [6, 6.07) is 4.06. The molecule has 2 rings (SSSR count). The molecule has 0 atom stereocenters. The van der Waals surface area contributed by atoms with Crippen molar-refractivity contribution in [1.82, 2.24) is 0 Å². The molecule has 1 aliphatic rings. The molecule has 1 saturated heterocycles. The van der Waals surface area contributed by atoms with Gasteiger partial charge < -0.3 is 14.7 Å². The first kappa shape index (κ1) is 10.7. The predicted molar refractivity (Wildman–Crippen MR) is 57.8 cm³/mol. The topological polar surface area (TPSA) is 75.8 Å². The molecule has 0 spiro atoms. The summed E-state index contributed by atoms with van der Waals surface area (Å²) in [4.78, 5) is 12.3. The van der Waals surface area contributed by atoms with Gasteiger partial charge in [0.2, 0.25) is 0 Å². The molecule has 1 aromatic carbocycles. The Morgan fingerprint density at radius 2 is 2.06 bits per heavy atom. The van der Waals surface area contributed by atoms with Gasteiger partial charge in [-0.15, -0.1) is 0 Å². The monoisotopic (exact) mass is 224 g/mol. The summed E-state index contributed by atoms with van der Waals surface area (Å²) in [6.07, 6.45) is 0. The Bertz CT molecular complexity index is 402. The summed E-state index contributed by atoms with van der Waals surface area (Å²) >= 11 is 0. The smallest absolute Gasteiger partial charge is 0.292 e. The van der Waals surface area contributed by atoms with Crippen LogP contribution in [0.15, 0.2) is 18.2 Å². The van der Waals surface area contributed by atoms with Crippen LogP contribution in [0.4, 0.5) is 11.4 Å². The van der Waals surface area contributed by atoms with Gasteiger partial charge in [-0.25, -0.2) is 0 Å². The summed E-state index contributed by atoms with van der Waals surface area (Å²) in [5.74, 6) is 0.0343. The number of morpholine rings is 1. The molecule has 0 unspecified atom stereocenters. The molecular formula is C10H12N2O4. The van der Waals surface area contributed by atoms with E-state index >= 15 is 0 Å². The van der Waals surface area contributed by atoms with Crippen LogP contribution in [0.1, 0.15) is 0 Å². The Morgan fingerprint density at radius 3 is 2.69 bits per heavy atom. The average Bonchev–Trinajstić information content (AvgIpc) is 2.29. The van der Waals surface area contributed by atoms with E-state index in [0.717, 1.165) is 0 Å². The van der Waals surface area contributed by atoms with Gasteiger partial charge in [0.15, 0.2) is 0 Å². The fourth-order valence-corrected chi connectivity index (χ4v) is 1.72. The van der Waals surface area contributed by atoms with Crippen LogP contribution in [-0.4, -0.2) is 36.3 Å². The van der Waals surface area contributed by atoms with Gasteiger partial charge >= 0.3 is 0 Å². The number of rotatable bonds is 2. The number of phenolic OH excluding ortho intramolecular Hbond substituents is 1. The van der Waals surface area contributed by atoms with Crippen molar-refractivity contribution < 1.29 is 14.8 Å². The lowest BCUT2D eigenvalue weighted by Gasteiger charge is -2.28. The highest BCUT2D eigenvalue weighted by Crippen LogP contribution is 2.31. The number of benzene rings is 1. The molecule has 0 aromatic heterocycles. The highest BCUT2D eigenvalue weighted by Gasteiger charge is 2.21. The van der Waals surface area contributed by atoms with Gasteiger partial charge in [0, 0.05) is 25.2 Å². The zero-order chi connectivity index (χ0) is 11.5. The first-order chi connectivity index (χ1) is 7.68. The van der Waals surface area contributed by atoms with Crippen molar-refractivity contribution in [3.05, 3.63) is 28.3 Å². The summed E-state index contributed by atoms with van der Waals surface area (Å²) in [5, 5.41) is 20.2. The molecule has 1 N–H and O–H groups in total. The van der Waals surface area contributed by atoms with E-state index in [9.17, 15) is 15.2 Å². The van der Waals surface area contributed by atoms with Gasteiger partial charge in [-0.1, -0.05) is 0 Å². The van der Waals surface area contributed by atoms with Gasteiger partial charge in [0.05, 0.1) is 18.1 Å². The van der Waals surface area contributed by atoms with E-state index in [2.05, 4.69) is 0 Å². The first-order valence-electron chi connectivity index (χ1n) is 4.98. The Morgan fingerprint density at radius 1 is 1.38 bits per heavy atom. The molecule has 0 aliphatic carbocycles. The van der Waals surface area contributed by atoms with Crippen LogP contribution in [0.2, 0.25) is 0 Å². The van der Waals surface area contributed by atoms with Crippen LogP contribution >= 0.6 is 0 Å². The number of nitrogens with zero attached hydrogens (tertiary/aromatic N) is 2. The third-order valence-corrected chi connectivity index (χ3v) is 2.51. The van der Waals surface area contributed by atoms with Crippen molar-refractivity contribution in [1.29, 1.82) is 0 Å². The Hall–Kier alpha value is -1.82. The molecule has 0 bridgehead atoms. The van der Waals surface area contributed by atoms with E-state index in [1.807, 2.05) is 4.90 Å². The molecule has 1 aliphatic heterocycles. The maximum absolute atomic E-state index is 10.8. The molecule has 86 valence electrons. The summed E-state index contributed by atoms with van der Waals surface area (Å²) < 4.78 is 5.18. The Kier molecular flexibility index (Phi) is 2.91. The Labute approximate surface area is 92.2 Å². The zero-order valence-electron chi connectivity index (χ0n) is 8.63. The lowest BCUT2D eigenvalue weighted by atomic mass is 10.2. The largest absolute Gasteiger partial charge is 0.508 e. The summed E-state index contributed by atoms with van der Waals surface area (Å²) in [6.45, 7) is 2.30. The van der Waals surface area contributed by atoms with Gasteiger partial charge in [0.25, 0.3) is 5.69 Å². The molecular weight excluding hydrogens is 212 g/mol. The minimum Gasteiger partial charge on any atom is -0.508 e. The van der Waals surface area contributed by atoms with Gasteiger partial charge in [0.1, 0.15) is 11.4 Å². The average molecular weight is 224 g/mol. The molecule has 6 nitrogen and oxygen atoms in total. The number of hydrogen-bond donors (Lipinski definition) is 1. The zero-order valence-corrected chi connectivity index (χ0v) is 8.63. The van der Waals surface area contributed by atoms with Crippen molar-refractivity contribution in [3.63, 3.8) is 0 Å². The van der Waals surface area contributed by atoms with E-state index in [4.69, 9.17) is 4.74 Å². The quantitative estimate of drug-likeness (QED) is 0.602. The number of ether oxygens (including phenoxy) is 1. The highest BCUT2D eigenvalue weighted by atomic mass is 16.6. The molecule has 0 saturated carbocycles. The van der Waals surface area contributed by atoms with Crippen LogP contribution in [0, 0.1) is 10.1 Å². The SMILES string of the molecule is O=[N+]([O-])c1ccc(O)cc1N1CCOCC1. The van der Waals surface area contributed by atoms with E-state index < -0.39 is 4.92 Å². The normalized spacial score (nSPS) is 16.1. The maximum atomic E-state index is 10.8. The lowest BCUT2D eigenvalue weighted by molar-refractivity contribution is -0.384. The number of anilines is 1. The van der Waals surface area contributed by atoms with Crippen LogP contribution in [-0.2, 0) is 4.74 Å². The molecule has 6 heteroatoms.